The minimum Gasteiger partial charge on any atom is -0.289 e. The Morgan fingerprint density at radius 3 is 2.79 bits per heavy atom. The van der Waals surface area contributed by atoms with Gasteiger partial charge in [-0.3, -0.25) is 20.2 Å². The molecule has 2 aromatic rings. The third kappa shape index (κ3) is 2.65. The van der Waals surface area contributed by atoms with Crippen molar-refractivity contribution < 1.29 is 9.72 Å². The summed E-state index contributed by atoms with van der Waals surface area (Å²) in [4.78, 5) is 21.8. The average Bonchev–Trinajstić information content (AvgIpc) is 2.74. The van der Waals surface area contributed by atoms with E-state index in [-0.39, 0.29) is 22.2 Å². The van der Waals surface area contributed by atoms with Gasteiger partial charge in [0.2, 0.25) is 5.95 Å². The van der Waals surface area contributed by atoms with E-state index in [1.165, 1.54) is 16.8 Å². The zero-order valence-electron chi connectivity index (χ0n) is 9.57. The number of aromatic nitrogens is 4. The van der Waals surface area contributed by atoms with Crippen molar-refractivity contribution >= 4 is 29.1 Å². The molecule has 0 aliphatic carbocycles. The first kappa shape index (κ1) is 12.9. The van der Waals surface area contributed by atoms with Crippen LogP contribution in [0.2, 0.25) is 5.02 Å². The summed E-state index contributed by atoms with van der Waals surface area (Å²) in [6.45, 7) is 0. The van der Waals surface area contributed by atoms with Crippen LogP contribution in [0.25, 0.3) is 0 Å². The van der Waals surface area contributed by atoms with Gasteiger partial charge in [-0.15, -0.1) is 0 Å². The van der Waals surface area contributed by atoms with E-state index < -0.39 is 10.8 Å². The van der Waals surface area contributed by atoms with Crippen molar-refractivity contribution in [1.82, 2.24) is 20.2 Å². The second-order valence-corrected chi connectivity index (χ2v) is 3.91. The molecule has 0 spiro atoms. The van der Waals surface area contributed by atoms with E-state index in [2.05, 4.69) is 20.8 Å². The van der Waals surface area contributed by atoms with Crippen LogP contribution in [0.3, 0.4) is 0 Å². The highest BCUT2D eigenvalue weighted by molar-refractivity contribution is 6.34. The van der Waals surface area contributed by atoms with Gasteiger partial charge in [0.25, 0.3) is 11.6 Å². The molecule has 0 bridgehead atoms. The zero-order valence-corrected chi connectivity index (χ0v) is 10.3. The highest BCUT2D eigenvalue weighted by Gasteiger charge is 2.16. The number of nitrogens with zero attached hydrogens (tertiary/aromatic N) is 5. The third-order valence-electron chi connectivity index (χ3n) is 2.25. The Bertz CT molecular complexity index is 655. The van der Waals surface area contributed by atoms with Gasteiger partial charge >= 0.3 is 0 Å². The fraction of sp³-hybridized carbons (Fsp3) is 0.111. The lowest BCUT2D eigenvalue weighted by Gasteiger charge is -2.04. The first-order valence-electron chi connectivity index (χ1n) is 4.96. The first-order chi connectivity index (χ1) is 8.99. The van der Waals surface area contributed by atoms with Gasteiger partial charge in [-0.1, -0.05) is 16.7 Å². The molecule has 1 heterocycles. The predicted molar refractivity (Wildman–Crippen MR) is 64.9 cm³/mol. The molecule has 0 saturated carbocycles. The van der Waals surface area contributed by atoms with Crippen LogP contribution in [0.5, 0.6) is 0 Å². The second kappa shape index (κ2) is 4.98. The summed E-state index contributed by atoms with van der Waals surface area (Å²) in [5, 5.41) is 23.4. The maximum atomic E-state index is 11.9. The summed E-state index contributed by atoms with van der Waals surface area (Å²) in [7, 11) is 1.55. The minimum absolute atomic E-state index is 0.0261. The molecule has 0 aliphatic rings. The number of halogens is 1. The topological polar surface area (TPSA) is 116 Å². The maximum absolute atomic E-state index is 11.9. The summed E-state index contributed by atoms with van der Waals surface area (Å²) in [5.74, 6) is -0.419. The van der Waals surface area contributed by atoms with Crippen LogP contribution in [0.15, 0.2) is 18.2 Å². The van der Waals surface area contributed by atoms with Gasteiger partial charge in [0.1, 0.15) is 0 Å². The van der Waals surface area contributed by atoms with Gasteiger partial charge in [0.15, 0.2) is 0 Å². The number of rotatable bonds is 3. The first-order valence-corrected chi connectivity index (χ1v) is 5.34. The molecule has 0 unspecified atom stereocenters. The van der Waals surface area contributed by atoms with E-state index in [1.54, 1.807) is 7.05 Å². The molecule has 10 heteroatoms. The van der Waals surface area contributed by atoms with E-state index in [0.29, 0.717) is 0 Å². The molecule has 0 atom stereocenters. The highest BCUT2D eigenvalue weighted by atomic mass is 35.5. The zero-order chi connectivity index (χ0) is 14.0. The third-order valence-corrected chi connectivity index (χ3v) is 2.57. The Balaban J connectivity index is 2.25. The number of amides is 1. The number of benzene rings is 1. The number of nitro groups is 1. The second-order valence-electron chi connectivity index (χ2n) is 3.50. The van der Waals surface area contributed by atoms with Crippen molar-refractivity contribution in [3.8, 4) is 0 Å². The number of nitrogens with one attached hydrogen (secondary N) is 1. The van der Waals surface area contributed by atoms with Crippen LogP contribution in [-0.4, -0.2) is 31.0 Å². The van der Waals surface area contributed by atoms with Crippen LogP contribution < -0.4 is 5.32 Å². The largest absolute Gasteiger partial charge is 0.289 e. The van der Waals surface area contributed by atoms with Crippen molar-refractivity contribution in [3.63, 3.8) is 0 Å². The number of carbonyl (C=O) groups excluding carboxylic acids is 1. The monoisotopic (exact) mass is 282 g/mol. The van der Waals surface area contributed by atoms with Crippen LogP contribution in [0.4, 0.5) is 11.6 Å². The van der Waals surface area contributed by atoms with Crippen LogP contribution in [0.1, 0.15) is 10.4 Å². The Morgan fingerprint density at radius 1 is 1.53 bits per heavy atom. The van der Waals surface area contributed by atoms with Crippen molar-refractivity contribution in [1.29, 1.82) is 0 Å². The number of non-ortho nitro benzene ring substituents is 1. The molecule has 0 radical (unpaired) electrons. The van der Waals surface area contributed by atoms with Crippen molar-refractivity contribution in [2.75, 3.05) is 5.32 Å². The number of aryl methyl sites for hydroxylation is 1. The Labute approximate surface area is 111 Å². The number of hydrogen-bond donors (Lipinski definition) is 1. The fourth-order valence-electron chi connectivity index (χ4n) is 1.31. The van der Waals surface area contributed by atoms with Gasteiger partial charge in [-0.25, -0.2) is 4.68 Å². The quantitative estimate of drug-likeness (QED) is 0.664. The summed E-state index contributed by atoms with van der Waals surface area (Å²) in [5.41, 5.74) is -0.0999. The highest BCUT2D eigenvalue weighted by Crippen LogP contribution is 2.22. The molecule has 1 aromatic heterocycles. The van der Waals surface area contributed by atoms with E-state index >= 15 is 0 Å². The molecule has 1 amide bonds. The number of anilines is 1. The molecular weight excluding hydrogens is 276 g/mol. The van der Waals surface area contributed by atoms with Gasteiger partial charge in [0.05, 0.1) is 15.5 Å². The Kier molecular flexibility index (Phi) is 3.38. The molecule has 1 aromatic carbocycles. The van der Waals surface area contributed by atoms with Crippen molar-refractivity contribution in [2.24, 2.45) is 7.05 Å². The van der Waals surface area contributed by atoms with Crippen LogP contribution in [0, 0.1) is 10.1 Å². The predicted octanol–water partition coefficient (Wildman–Crippen LogP) is 1.02. The van der Waals surface area contributed by atoms with E-state index in [1.807, 2.05) is 0 Å². The lowest BCUT2D eigenvalue weighted by atomic mass is 10.2. The van der Waals surface area contributed by atoms with E-state index in [0.717, 1.165) is 6.07 Å². The lowest BCUT2D eigenvalue weighted by Crippen LogP contribution is -2.15. The summed E-state index contributed by atoms with van der Waals surface area (Å²) < 4.78 is 1.26. The Hall–Kier alpha value is -2.55. The summed E-state index contributed by atoms with van der Waals surface area (Å²) in [6, 6.07) is 3.56. The van der Waals surface area contributed by atoms with E-state index in [9.17, 15) is 14.9 Å². The molecule has 1 N–H and O–H groups in total. The van der Waals surface area contributed by atoms with Crippen molar-refractivity contribution in [3.05, 3.63) is 38.9 Å². The van der Waals surface area contributed by atoms with E-state index in [4.69, 9.17) is 11.6 Å². The number of nitro benzene ring substituents is 1. The fourth-order valence-corrected chi connectivity index (χ4v) is 1.57. The van der Waals surface area contributed by atoms with Gasteiger partial charge in [0, 0.05) is 19.2 Å². The minimum atomic E-state index is -0.597. The van der Waals surface area contributed by atoms with Crippen LogP contribution >= 0.6 is 11.6 Å². The molecule has 0 saturated heterocycles. The molecule has 2 rings (SSSR count). The number of tetrazole rings is 1. The molecule has 98 valence electrons. The molecule has 19 heavy (non-hydrogen) atoms. The number of hydrogen-bond acceptors (Lipinski definition) is 6. The summed E-state index contributed by atoms with van der Waals surface area (Å²) in [6.07, 6.45) is 0. The maximum Gasteiger partial charge on any atom is 0.270 e. The molecular formula is C9H7ClN6O3. The normalized spacial score (nSPS) is 10.2. The van der Waals surface area contributed by atoms with Crippen molar-refractivity contribution in [2.45, 2.75) is 0 Å². The molecule has 9 nitrogen and oxygen atoms in total. The SMILES string of the molecule is Cn1nnnc1NC(=O)c1ccc([N+](=O)[O-])cc1Cl. The summed E-state index contributed by atoms with van der Waals surface area (Å²) >= 11 is 5.82. The molecule has 0 aliphatic heterocycles. The van der Waals surface area contributed by atoms with Gasteiger partial charge in [-0.05, 0) is 16.5 Å². The average molecular weight is 283 g/mol. The molecule has 0 fully saturated rings. The smallest absolute Gasteiger partial charge is 0.270 e. The van der Waals surface area contributed by atoms with Gasteiger partial charge < -0.3 is 0 Å². The Morgan fingerprint density at radius 2 is 2.26 bits per heavy atom. The lowest BCUT2D eigenvalue weighted by molar-refractivity contribution is -0.384. The standard InChI is InChI=1S/C9H7ClN6O3/c1-15-9(12-13-14-15)11-8(17)6-3-2-5(16(18)19)4-7(6)10/h2-4H,1H3,(H,11,12,14,17). The van der Waals surface area contributed by atoms with Crippen LogP contribution in [-0.2, 0) is 7.05 Å². The van der Waals surface area contributed by atoms with Gasteiger partial charge in [-0.2, -0.15) is 0 Å². The number of carbonyl (C=O) groups is 1.